The number of amides is 1. The second kappa shape index (κ2) is 7.78. The lowest BCUT2D eigenvalue weighted by Gasteiger charge is -2.22. The van der Waals surface area contributed by atoms with E-state index in [9.17, 15) is 4.79 Å². The zero-order valence-corrected chi connectivity index (χ0v) is 14.2. The van der Waals surface area contributed by atoms with Gasteiger partial charge < -0.3 is 9.64 Å². The number of aryl methyl sites for hydroxylation is 1. The van der Waals surface area contributed by atoms with Crippen molar-refractivity contribution in [1.29, 1.82) is 0 Å². The molecule has 1 aromatic heterocycles. The Hall–Kier alpha value is -2.34. The van der Waals surface area contributed by atoms with E-state index in [4.69, 9.17) is 4.74 Å². The Balaban J connectivity index is 1.89. The van der Waals surface area contributed by atoms with Crippen molar-refractivity contribution in [3.63, 3.8) is 0 Å². The molecule has 0 aliphatic rings. The molecule has 0 aliphatic carbocycles. The van der Waals surface area contributed by atoms with Crippen LogP contribution in [0.2, 0.25) is 0 Å². The van der Waals surface area contributed by atoms with Crippen LogP contribution in [0.5, 0.6) is 5.75 Å². The molecule has 0 N–H and O–H groups in total. The van der Waals surface area contributed by atoms with E-state index in [0.29, 0.717) is 19.6 Å². The SMILES string of the molecule is COc1ccccc1CN(C)C(=O)CN(C)Cc1cnn(C)c1. The van der Waals surface area contributed by atoms with Crippen LogP contribution in [-0.4, -0.2) is 53.2 Å². The number of rotatable bonds is 7. The second-order valence-electron chi connectivity index (χ2n) is 5.76. The summed E-state index contributed by atoms with van der Waals surface area (Å²) >= 11 is 0. The van der Waals surface area contributed by atoms with Crippen molar-refractivity contribution in [2.45, 2.75) is 13.1 Å². The van der Waals surface area contributed by atoms with Crippen LogP contribution in [0.15, 0.2) is 36.7 Å². The molecule has 0 radical (unpaired) electrons. The molecule has 0 bridgehead atoms. The average Bonchev–Trinajstić information content (AvgIpc) is 2.92. The van der Waals surface area contributed by atoms with Crippen molar-refractivity contribution in [3.8, 4) is 5.75 Å². The number of carbonyl (C=O) groups excluding carboxylic acids is 1. The van der Waals surface area contributed by atoms with Crippen LogP contribution in [0, 0.1) is 0 Å². The average molecular weight is 316 g/mol. The minimum Gasteiger partial charge on any atom is -0.496 e. The molecular formula is C17H24N4O2. The zero-order valence-electron chi connectivity index (χ0n) is 14.2. The molecule has 1 amide bonds. The number of carbonyl (C=O) groups is 1. The van der Waals surface area contributed by atoms with Crippen LogP contribution in [0.1, 0.15) is 11.1 Å². The third-order valence-electron chi connectivity index (χ3n) is 3.64. The smallest absolute Gasteiger partial charge is 0.236 e. The van der Waals surface area contributed by atoms with Gasteiger partial charge in [-0.3, -0.25) is 14.4 Å². The number of aromatic nitrogens is 2. The predicted molar refractivity (Wildman–Crippen MR) is 89.0 cm³/mol. The number of hydrogen-bond acceptors (Lipinski definition) is 4. The Bertz CT molecular complexity index is 654. The van der Waals surface area contributed by atoms with Gasteiger partial charge in [-0.1, -0.05) is 18.2 Å². The first-order valence-electron chi connectivity index (χ1n) is 7.51. The maximum atomic E-state index is 12.4. The van der Waals surface area contributed by atoms with Crippen LogP contribution in [0.3, 0.4) is 0 Å². The molecule has 6 heteroatoms. The summed E-state index contributed by atoms with van der Waals surface area (Å²) in [5.74, 6) is 0.873. The molecule has 0 saturated heterocycles. The molecule has 23 heavy (non-hydrogen) atoms. The molecule has 0 saturated carbocycles. The summed E-state index contributed by atoms with van der Waals surface area (Å²) in [6.07, 6.45) is 3.78. The summed E-state index contributed by atoms with van der Waals surface area (Å²) in [4.78, 5) is 16.1. The van der Waals surface area contributed by atoms with E-state index < -0.39 is 0 Å². The quantitative estimate of drug-likeness (QED) is 0.777. The molecular weight excluding hydrogens is 292 g/mol. The molecule has 1 aromatic carbocycles. The zero-order chi connectivity index (χ0) is 16.8. The van der Waals surface area contributed by atoms with Crippen LogP contribution in [-0.2, 0) is 24.9 Å². The first-order valence-corrected chi connectivity index (χ1v) is 7.51. The topological polar surface area (TPSA) is 50.6 Å². The summed E-state index contributed by atoms with van der Waals surface area (Å²) in [5.41, 5.74) is 2.09. The first-order chi connectivity index (χ1) is 11.0. The van der Waals surface area contributed by atoms with Gasteiger partial charge in [0.1, 0.15) is 5.75 Å². The fourth-order valence-corrected chi connectivity index (χ4v) is 2.45. The molecule has 0 fully saturated rings. The minimum absolute atomic E-state index is 0.0716. The van der Waals surface area contributed by atoms with Crippen LogP contribution in [0.4, 0.5) is 0 Å². The van der Waals surface area contributed by atoms with Crippen LogP contribution in [0.25, 0.3) is 0 Å². The van der Waals surface area contributed by atoms with E-state index in [-0.39, 0.29) is 5.91 Å². The maximum Gasteiger partial charge on any atom is 0.236 e. The van der Waals surface area contributed by atoms with E-state index in [0.717, 1.165) is 16.9 Å². The van der Waals surface area contributed by atoms with Crippen molar-refractivity contribution >= 4 is 5.91 Å². The van der Waals surface area contributed by atoms with Crippen LogP contribution < -0.4 is 4.74 Å². The third kappa shape index (κ3) is 4.82. The number of hydrogen-bond donors (Lipinski definition) is 0. The summed E-state index contributed by atoms with van der Waals surface area (Å²) in [6, 6.07) is 7.75. The number of benzene rings is 1. The maximum absolute atomic E-state index is 12.4. The fraction of sp³-hybridized carbons (Fsp3) is 0.412. The van der Waals surface area contributed by atoms with E-state index in [1.807, 2.05) is 62.7 Å². The molecule has 1 heterocycles. The van der Waals surface area contributed by atoms with Gasteiger partial charge in [0.05, 0.1) is 19.9 Å². The fourth-order valence-electron chi connectivity index (χ4n) is 2.45. The van der Waals surface area contributed by atoms with E-state index >= 15 is 0 Å². The van der Waals surface area contributed by atoms with E-state index in [2.05, 4.69) is 5.10 Å². The normalized spacial score (nSPS) is 10.8. The van der Waals surface area contributed by atoms with Crippen molar-refractivity contribution in [1.82, 2.24) is 19.6 Å². The molecule has 124 valence electrons. The van der Waals surface area contributed by atoms with Gasteiger partial charge in [0, 0.05) is 44.5 Å². The van der Waals surface area contributed by atoms with Gasteiger partial charge in [0.25, 0.3) is 0 Å². The van der Waals surface area contributed by atoms with Gasteiger partial charge in [-0.05, 0) is 13.1 Å². The lowest BCUT2D eigenvalue weighted by Crippen LogP contribution is -2.36. The summed E-state index contributed by atoms with van der Waals surface area (Å²) in [6.45, 7) is 1.59. The first kappa shape index (κ1) is 17.0. The molecule has 0 spiro atoms. The summed E-state index contributed by atoms with van der Waals surface area (Å²) < 4.78 is 7.09. The van der Waals surface area contributed by atoms with Gasteiger partial charge in [0.2, 0.25) is 5.91 Å². The Morgan fingerprint density at radius 3 is 2.65 bits per heavy atom. The second-order valence-corrected chi connectivity index (χ2v) is 5.76. The lowest BCUT2D eigenvalue weighted by molar-refractivity contribution is -0.131. The Morgan fingerprint density at radius 1 is 1.26 bits per heavy atom. The summed E-state index contributed by atoms with van der Waals surface area (Å²) in [5, 5.41) is 4.14. The monoisotopic (exact) mass is 316 g/mol. The third-order valence-corrected chi connectivity index (χ3v) is 3.64. The minimum atomic E-state index is 0.0716. The Labute approximate surface area is 137 Å². The van der Waals surface area contributed by atoms with Gasteiger partial charge in [-0.15, -0.1) is 0 Å². The molecule has 0 unspecified atom stereocenters. The molecule has 6 nitrogen and oxygen atoms in total. The Kier molecular flexibility index (Phi) is 5.76. The van der Waals surface area contributed by atoms with E-state index in [1.165, 1.54) is 0 Å². The van der Waals surface area contributed by atoms with Gasteiger partial charge >= 0.3 is 0 Å². The lowest BCUT2D eigenvalue weighted by atomic mass is 10.2. The predicted octanol–water partition coefficient (Wildman–Crippen LogP) is 1.52. The molecule has 2 rings (SSSR count). The van der Waals surface area contributed by atoms with Crippen molar-refractivity contribution in [3.05, 3.63) is 47.8 Å². The number of para-hydroxylation sites is 1. The molecule has 0 atom stereocenters. The molecule has 0 aliphatic heterocycles. The highest BCUT2D eigenvalue weighted by atomic mass is 16.5. The highest BCUT2D eigenvalue weighted by Gasteiger charge is 2.14. The van der Waals surface area contributed by atoms with Gasteiger partial charge in [-0.2, -0.15) is 5.10 Å². The standard InChI is InChI=1S/C17H24N4O2/c1-19(10-14-9-18-21(3)11-14)13-17(22)20(2)12-15-7-5-6-8-16(15)23-4/h5-9,11H,10,12-13H2,1-4H3. The number of nitrogens with zero attached hydrogens (tertiary/aromatic N) is 4. The summed E-state index contributed by atoms with van der Waals surface area (Å²) in [7, 11) is 7.27. The molecule has 2 aromatic rings. The number of methoxy groups -OCH3 is 1. The highest BCUT2D eigenvalue weighted by Crippen LogP contribution is 2.18. The van der Waals surface area contributed by atoms with Crippen molar-refractivity contribution in [2.75, 3.05) is 27.7 Å². The van der Waals surface area contributed by atoms with E-state index in [1.54, 1.807) is 16.7 Å². The Morgan fingerprint density at radius 2 is 2.00 bits per heavy atom. The van der Waals surface area contributed by atoms with Gasteiger partial charge in [0.15, 0.2) is 0 Å². The number of likely N-dealkylation sites (N-methyl/N-ethyl adjacent to an activating group) is 2. The number of ether oxygens (including phenoxy) is 1. The largest absolute Gasteiger partial charge is 0.496 e. The van der Waals surface area contributed by atoms with Crippen molar-refractivity contribution < 1.29 is 9.53 Å². The van der Waals surface area contributed by atoms with Gasteiger partial charge in [-0.25, -0.2) is 0 Å². The van der Waals surface area contributed by atoms with Crippen LogP contribution >= 0.6 is 0 Å². The van der Waals surface area contributed by atoms with Crippen molar-refractivity contribution in [2.24, 2.45) is 7.05 Å². The highest BCUT2D eigenvalue weighted by molar-refractivity contribution is 5.78.